The van der Waals surface area contributed by atoms with Crippen LogP contribution in [0.1, 0.15) is 67.2 Å². The highest BCUT2D eigenvalue weighted by Gasteiger charge is 2.29. The van der Waals surface area contributed by atoms with Crippen LogP contribution in [0.15, 0.2) is 24.3 Å². The lowest BCUT2D eigenvalue weighted by Gasteiger charge is -2.26. The third-order valence-corrected chi connectivity index (χ3v) is 4.90. The number of amides is 3. The molecule has 8 heteroatoms. The number of hydrogen-bond donors (Lipinski definition) is 4. The van der Waals surface area contributed by atoms with Gasteiger partial charge in [-0.05, 0) is 30.5 Å². The van der Waals surface area contributed by atoms with Crippen molar-refractivity contribution in [1.29, 1.82) is 0 Å². The molecule has 0 fully saturated rings. The SMILES string of the molecule is CCCC[C@H](NC(=O)[C@@H](NC(=O)c1cccc(C(N)=O)c1)C(C)CC)C(=O)CO. The second kappa shape index (κ2) is 12.0. The van der Waals surface area contributed by atoms with E-state index in [4.69, 9.17) is 10.8 Å². The van der Waals surface area contributed by atoms with Gasteiger partial charge in [0, 0.05) is 11.1 Å². The van der Waals surface area contributed by atoms with Gasteiger partial charge in [-0.1, -0.05) is 46.1 Å². The number of aliphatic hydroxyl groups excluding tert-OH is 1. The van der Waals surface area contributed by atoms with Gasteiger partial charge in [0.2, 0.25) is 11.8 Å². The second-order valence-corrected chi connectivity index (χ2v) is 7.11. The molecule has 1 aromatic rings. The van der Waals surface area contributed by atoms with Crippen LogP contribution in [-0.2, 0) is 9.59 Å². The van der Waals surface area contributed by atoms with Gasteiger partial charge in [0.1, 0.15) is 12.6 Å². The summed E-state index contributed by atoms with van der Waals surface area (Å²) in [6.45, 7) is 5.01. The molecule has 0 spiro atoms. The van der Waals surface area contributed by atoms with Crippen molar-refractivity contribution >= 4 is 23.5 Å². The highest BCUT2D eigenvalue weighted by molar-refractivity contribution is 6.01. The molecule has 1 unspecified atom stereocenters. The molecular formula is C21H31N3O5. The topological polar surface area (TPSA) is 139 Å². The van der Waals surface area contributed by atoms with Crippen LogP contribution in [0.3, 0.4) is 0 Å². The molecule has 1 aromatic carbocycles. The van der Waals surface area contributed by atoms with Gasteiger partial charge in [-0.2, -0.15) is 0 Å². The molecule has 3 atom stereocenters. The summed E-state index contributed by atoms with van der Waals surface area (Å²) in [5.74, 6) is -2.32. The molecule has 29 heavy (non-hydrogen) atoms. The number of primary amides is 1. The van der Waals surface area contributed by atoms with E-state index in [1.54, 1.807) is 0 Å². The van der Waals surface area contributed by atoms with E-state index in [0.29, 0.717) is 12.8 Å². The molecule has 0 saturated heterocycles. The van der Waals surface area contributed by atoms with E-state index in [2.05, 4.69) is 10.6 Å². The van der Waals surface area contributed by atoms with Crippen molar-refractivity contribution in [3.63, 3.8) is 0 Å². The Morgan fingerprint density at radius 2 is 1.76 bits per heavy atom. The Morgan fingerprint density at radius 3 is 2.31 bits per heavy atom. The number of Topliss-reactive ketones (excluding diaryl/α,β-unsaturated/α-hetero) is 1. The van der Waals surface area contributed by atoms with Gasteiger partial charge in [-0.3, -0.25) is 19.2 Å². The van der Waals surface area contributed by atoms with Crippen LogP contribution < -0.4 is 16.4 Å². The summed E-state index contributed by atoms with van der Waals surface area (Å²) in [7, 11) is 0. The molecule has 0 aliphatic heterocycles. The number of nitrogens with one attached hydrogen (secondary N) is 2. The summed E-state index contributed by atoms with van der Waals surface area (Å²) >= 11 is 0. The number of carbonyl (C=O) groups is 4. The van der Waals surface area contributed by atoms with E-state index in [0.717, 1.165) is 12.8 Å². The first-order chi connectivity index (χ1) is 13.7. The van der Waals surface area contributed by atoms with Crippen LogP contribution >= 0.6 is 0 Å². The summed E-state index contributed by atoms with van der Waals surface area (Å²) in [4.78, 5) is 48.8. The quantitative estimate of drug-likeness (QED) is 0.413. The molecule has 0 heterocycles. The molecule has 0 aliphatic carbocycles. The highest BCUT2D eigenvalue weighted by atomic mass is 16.3. The molecular weight excluding hydrogens is 374 g/mol. The average molecular weight is 405 g/mol. The first-order valence-corrected chi connectivity index (χ1v) is 9.89. The van der Waals surface area contributed by atoms with Crippen LogP contribution in [0.25, 0.3) is 0 Å². The van der Waals surface area contributed by atoms with E-state index in [-0.39, 0.29) is 17.0 Å². The fourth-order valence-electron chi connectivity index (χ4n) is 2.83. The fraction of sp³-hybridized carbons (Fsp3) is 0.524. The third-order valence-electron chi connectivity index (χ3n) is 4.90. The molecule has 0 bridgehead atoms. The van der Waals surface area contributed by atoms with E-state index in [1.165, 1.54) is 24.3 Å². The normalized spacial score (nSPS) is 13.8. The number of unbranched alkanes of at least 4 members (excludes halogenated alkanes) is 1. The molecule has 0 saturated carbocycles. The monoisotopic (exact) mass is 405 g/mol. The number of aliphatic hydroxyl groups is 1. The summed E-state index contributed by atoms with van der Waals surface area (Å²) in [6.07, 6.45) is 2.60. The molecule has 160 valence electrons. The lowest BCUT2D eigenvalue weighted by Crippen LogP contribution is -2.54. The van der Waals surface area contributed by atoms with Gasteiger partial charge < -0.3 is 21.5 Å². The minimum absolute atomic E-state index is 0.190. The first kappa shape index (κ1) is 24.3. The van der Waals surface area contributed by atoms with Gasteiger partial charge >= 0.3 is 0 Å². The smallest absolute Gasteiger partial charge is 0.251 e. The van der Waals surface area contributed by atoms with Crippen molar-refractivity contribution in [2.24, 2.45) is 11.7 Å². The van der Waals surface area contributed by atoms with Crippen LogP contribution in [0.2, 0.25) is 0 Å². The van der Waals surface area contributed by atoms with Crippen LogP contribution in [0.5, 0.6) is 0 Å². The molecule has 0 aromatic heterocycles. The summed E-state index contributed by atoms with van der Waals surface area (Å²) < 4.78 is 0. The number of carbonyl (C=O) groups excluding carboxylic acids is 4. The van der Waals surface area contributed by atoms with Crippen LogP contribution in [0, 0.1) is 5.92 Å². The van der Waals surface area contributed by atoms with Crippen LogP contribution in [0.4, 0.5) is 0 Å². The molecule has 1 rings (SSSR count). The van der Waals surface area contributed by atoms with Gasteiger partial charge in [0.15, 0.2) is 5.78 Å². The number of ketones is 1. The maximum atomic E-state index is 12.8. The number of rotatable bonds is 12. The molecule has 0 radical (unpaired) electrons. The van der Waals surface area contributed by atoms with E-state index in [1.807, 2.05) is 20.8 Å². The fourth-order valence-corrected chi connectivity index (χ4v) is 2.83. The summed E-state index contributed by atoms with van der Waals surface area (Å²) in [5, 5.41) is 14.5. The van der Waals surface area contributed by atoms with Crippen molar-refractivity contribution in [3.05, 3.63) is 35.4 Å². The van der Waals surface area contributed by atoms with Crippen molar-refractivity contribution in [2.45, 2.75) is 58.5 Å². The standard InChI is InChI=1S/C21H31N3O5/c1-4-6-10-16(17(26)12-25)23-21(29)18(13(3)5-2)24-20(28)15-9-7-8-14(11-15)19(22)27/h7-9,11,13,16,18,25H,4-6,10,12H2,1-3H3,(H2,22,27)(H,23,29)(H,24,28)/t13?,16-,18-/m0/s1. The average Bonchev–Trinajstić information content (AvgIpc) is 2.73. The maximum absolute atomic E-state index is 12.8. The number of benzene rings is 1. The Labute approximate surface area is 171 Å². The number of hydrogen-bond acceptors (Lipinski definition) is 5. The lowest BCUT2D eigenvalue weighted by atomic mass is 9.96. The van der Waals surface area contributed by atoms with Crippen molar-refractivity contribution in [2.75, 3.05) is 6.61 Å². The Kier molecular flexibility index (Phi) is 10.0. The maximum Gasteiger partial charge on any atom is 0.251 e. The highest BCUT2D eigenvalue weighted by Crippen LogP contribution is 2.12. The predicted octanol–water partition coefficient (Wildman–Crippen LogP) is 1.17. The molecule has 8 nitrogen and oxygen atoms in total. The lowest BCUT2D eigenvalue weighted by molar-refractivity contribution is -0.131. The minimum atomic E-state index is -0.875. The molecule has 5 N–H and O–H groups in total. The Bertz CT molecular complexity index is 735. The minimum Gasteiger partial charge on any atom is -0.389 e. The van der Waals surface area contributed by atoms with Crippen LogP contribution in [-0.4, -0.2) is 47.3 Å². The number of nitrogens with two attached hydrogens (primary N) is 1. The zero-order valence-electron chi connectivity index (χ0n) is 17.2. The largest absolute Gasteiger partial charge is 0.389 e. The van der Waals surface area contributed by atoms with Gasteiger partial charge in [-0.25, -0.2) is 0 Å². The summed E-state index contributed by atoms with van der Waals surface area (Å²) in [6, 6.07) is 4.24. The summed E-state index contributed by atoms with van der Waals surface area (Å²) in [5.41, 5.74) is 5.65. The van der Waals surface area contributed by atoms with Gasteiger partial charge in [-0.15, -0.1) is 0 Å². The van der Waals surface area contributed by atoms with Crippen molar-refractivity contribution in [1.82, 2.24) is 10.6 Å². The van der Waals surface area contributed by atoms with Crippen molar-refractivity contribution in [3.8, 4) is 0 Å². The second-order valence-electron chi connectivity index (χ2n) is 7.11. The molecule has 0 aliphatic rings. The zero-order chi connectivity index (χ0) is 22.0. The van der Waals surface area contributed by atoms with Gasteiger partial charge in [0.05, 0.1) is 6.04 Å². The predicted molar refractivity (Wildman–Crippen MR) is 109 cm³/mol. The Morgan fingerprint density at radius 1 is 1.10 bits per heavy atom. The Hall–Kier alpha value is -2.74. The third kappa shape index (κ3) is 7.30. The van der Waals surface area contributed by atoms with E-state index < -0.39 is 42.2 Å². The first-order valence-electron chi connectivity index (χ1n) is 9.89. The van der Waals surface area contributed by atoms with E-state index in [9.17, 15) is 19.2 Å². The molecule has 3 amide bonds. The van der Waals surface area contributed by atoms with Crippen molar-refractivity contribution < 1.29 is 24.3 Å². The Balaban J connectivity index is 2.99. The zero-order valence-corrected chi connectivity index (χ0v) is 17.2. The van der Waals surface area contributed by atoms with E-state index >= 15 is 0 Å². The van der Waals surface area contributed by atoms with Gasteiger partial charge in [0.25, 0.3) is 5.91 Å².